The molecule has 0 heterocycles. The number of benzene rings is 2. The predicted octanol–water partition coefficient (Wildman–Crippen LogP) is 3.97. The van der Waals surface area contributed by atoms with E-state index in [0.717, 1.165) is 48.6 Å². The van der Waals surface area contributed by atoms with Crippen molar-refractivity contribution in [2.24, 2.45) is 0 Å². The minimum Gasteiger partial charge on any atom is -0.326 e. The number of hydrogen-bond acceptors (Lipinski definition) is 3. The lowest BCUT2D eigenvalue weighted by Gasteiger charge is -2.08. The summed E-state index contributed by atoms with van der Waals surface area (Å²) >= 11 is 0. The zero-order valence-electron chi connectivity index (χ0n) is 13.8. The Morgan fingerprint density at radius 2 is 1.71 bits per heavy atom. The van der Waals surface area contributed by atoms with E-state index in [1.165, 1.54) is 0 Å². The van der Waals surface area contributed by atoms with Crippen molar-refractivity contribution in [1.82, 2.24) is 5.06 Å². The Morgan fingerprint density at radius 1 is 1.00 bits per heavy atom. The number of unbranched alkanes of at least 4 members (excludes halogenated alkanes) is 4. The van der Waals surface area contributed by atoms with Crippen LogP contribution in [0.1, 0.15) is 38.5 Å². The molecular weight excluding hydrogens is 304 g/mol. The topological polar surface area (TPSA) is 69.6 Å². The van der Waals surface area contributed by atoms with Gasteiger partial charge in [0, 0.05) is 18.7 Å². The minimum atomic E-state index is 0.0350. The third kappa shape index (κ3) is 6.01. The molecule has 0 aliphatic rings. The number of hydroxylamine groups is 2. The predicted molar refractivity (Wildman–Crippen MR) is 94.8 cm³/mol. The van der Waals surface area contributed by atoms with Gasteiger partial charge in [0.05, 0.1) is 0 Å². The molecule has 0 atom stereocenters. The summed E-state index contributed by atoms with van der Waals surface area (Å²) in [5, 5.41) is 14.8. The number of amides is 2. The highest BCUT2D eigenvalue weighted by molar-refractivity contribution is 5.94. The number of nitrogens with one attached hydrogen (secondary N) is 1. The molecule has 2 N–H and O–H groups in total. The molecule has 0 aromatic heterocycles. The number of nitrogens with zero attached hydrogens (tertiary/aromatic N) is 1. The van der Waals surface area contributed by atoms with Crippen LogP contribution in [0.4, 0.5) is 5.69 Å². The molecule has 0 aliphatic heterocycles. The van der Waals surface area contributed by atoms with Crippen molar-refractivity contribution in [2.75, 3.05) is 11.9 Å². The largest absolute Gasteiger partial charge is 0.326 e. The fourth-order valence-electron chi connectivity index (χ4n) is 2.63. The molecule has 0 aliphatic carbocycles. The van der Waals surface area contributed by atoms with Crippen molar-refractivity contribution in [3.8, 4) is 0 Å². The molecule has 2 amide bonds. The second-order valence-corrected chi connectivity index (χ2v) is 5.90. The van der Waals surface area contributed by atoms with Gasteiger partial charge in [-0.2, -0.15) is 0 Å². The first-order chi connectivity index (χ1) is 11.7. The van der Waals surface area contributed by atoms with Crippen molar-refractivity contribution in [3.05, 3.63) is 42.5 Å². The Bertz CT molecular complexity index is 672. The maximum atomic E-state index is 12.0. The average Bonchev–Trinajstić information content (AvgIpc) is 2.60. The fraction of sp³-hybridized carbons (Fsp3) is 0.368. The maximum Gasteiger partial charge on any atom is 0.233 e. The van der Waals surface area contributed by atoms with Gasteiger partial charge in [0.15, 0.2) is 0 Å². The molecule has 0 saturated carbocycles. The highest BCUT2D eigenvalue weighted by Gasteiger charge is 2.03. The van der Waals surface area contributed by atoms with Gasteiger partial charge in [0.2, 0.25) is 12.3 Å². The van der Waals surface area contributed by atoms with Crippen LogP contribution in [-0.4, -0.2) is 29.1 Å². The minimum absolute atomic E-state index is 0.0350. The normalized spacial score (nSPS) is 10.5. The molecule has 2 rings (SSSR count). The quantitative estimate of drug-likeness (QED) is 0.300. The lowest BCUT2D eigenvalue weighted by Crippen LogP contribution is -2.17. The third-order valence-electron chi connectivity index (χ3n) is 3.95. The van der Waals surface area contributed by atoms with E-state index in [1.807, 2.05) is 42.5 Å². The van der Waals surface area contributed by atoms with Gasteiger partial charge < -0.3 is 5.32 Å². The van der Waals surface area contributed by atoms with Gasteiger partial charge in [0.25, 0.3) is 0 Å². The van der Waals surface area contributed by atoms with E-state index in [4.69, 9.17) is 5.21 Å². The van der Waals surface area contributed by atoms with Gasteiger partial charge in [0.1, 0.15) is 0 Å². The van der Waals surface area contributed by atoms with Gasteiger partial charge in [-0.1, -0.05) is 49.6 Å². The van der Waals surface area contributed by atoms with E-state index < -0.39 is 0 Å². The monoisotopic (exact) mass is 328 g/mol. The van der Waals surface area contributed by atoms with Crippen molar-refractivity contribution in [1.29, 1.82) is 0 Å². The molecule has 128 valence electrons. The van der Waals surface area contributed by atoms with Gasteiger partial charge in [-0.25, -0.2) is 5.06 Å². The number of rotatable bonds is 10. The Kier molecular flexibility index (Phi) is 7.23. The van der Waals surface area contributed by atoms with Gasteiger partial charge in [-0.05, 0) is 35.7 Å². The first-order valence-electron chi connectivity index (χ1n) is 8.38. The van der Waals surface area contributed by atoms with E-state index in [-0.39, 0.29) is 5.91 Å². The van der Waals surface area contributed by atoms with E-state index in [0.29, 0.717) is 24.4 Å². The smallest absolute Gasteiger partial charge is 0.233 e. The van der Waals surface area contributed by atoms with Crippen LogP contribution < -0.4 is 5.32 Å². The van der Waals surface area contributed by atoms with Gasteiger partial charge in [-0.15, -0.1) is 0 Å². The van der Waals surface area contributed by atoms with Crippen LogP contribution in [0.2, 0.25) is 0 Å². The maximum absolute atomic E-state index is 12.0. The highest BCUT2D eigenvalue weighted by atomic mass is 16.5. The summed E-state index contributed by atoms with van der Waals surface area (Å²) in [4.78, 5) is 22.2. The van der Waals surface area contributed by atoms with Crippen LogP contribution in [0, 0.1) is 0 Å². The van der Waals surface area contributed by atoms with Crippen molar-refractivity contribution >= 4 is 28.8 Å². The lowest BCUT2D eigenvalue weighted by molar-refractivity contribution is -0.149. The number of anilines is 1. The highest BCUT2D eigenvalue weighted by Crippen LogP contribution is 2.19. The second-order valence-electron chi connectivity index (χ2n) is 5.90. The summed E-state index contributed by atoms with van der Waals surface area (Å²) < 4.78 is 0. The molecule has 0 unspecified atom stereocenters. The summed E-state index contributed by atoms with van der Waals surface area (Å²) in [7, 11) is 0. The summed E-state index contributed by atoms with van der Waals surface area (Å²) in [6, 6.07) is 14.0. The Labute approximate surface area is 142 Å². The van der Waals surface area contributed by atoms with Crippen molar-refractivity contribution < 1.29 is 14.8 Å². The first-order valence-corrected chi connectivity index (χ1v) is 8.38. The molecule has 0 radical (unpaired) electrons. The van der Waals surface area contributed by atoms with Crippen LogP contribution >= 0.6 is 0 Å². The SMILES string of the molecule is O=CN(O)CCCCCCCC(=O)Nc1ccc2ccccc2c1. The second kappa shape index (κ2) is 9.67. The molecular formula is C19H24N2O3. The lowest BCUT2D eigenvalue weighted by atomic mass is 10.1. The Balaban J connectivity index is 1.63. The number of fused-ring (bicyclic) bond motifs is 1. The third-order valence-corrected chi connectivity index (χ3v) is 3.95. The summed E-state index contributed by atoms with van der Waals surface area (Å²) in [5.74, 6) is 0.0350. The van der Waals surface area contributed by atoms with Crippen LogP contribution in [0.5, 0.6) is 0 Å². The molecule has 0 bridgehead atoms. The summed E-state index contributed by atoms with van der Waals surface area (Å²) in [5.41, 5.74) is 0.829. The van der Waals surface area contributed by atoms with Crippen LogP contribution in [-0.2, 0) is 9.59 Å². The standard InChI is InChI=1S/C19H24N2O3/c22-15-21(24)13-7-3-1-2-4-10-19(23)20-18-12-11-16-8-5-6-9-17(16)14-18/h5-6,8-9,11-12,14-15,24H,1-4,7,10,13H2,(H,20,23). The zero-order valence-corrected chi connectivity index (χ0v) is 13.8. The molecule has 0 saturated heterocycles. The molecule has 0 fully saturated rings. The van der Waals surface area contributed by atoms with Gasteiger partial charge >= 0.3 is 0 Å². The molecule has 5 nitrogen and oxygen atoms in total. The molecule has 5 heteroatoms. The first kappa shape index (κ1) is 17.9. The number of carbonyl (C=O) groups is 2. The van der Waals surface area contributed by atoms with Crippen LogP contribution in [0.15, 0.2) is 42.5 Å². The Morgan fingerprint density at radius 3 is 2.50 bits per heavy atom. The molecule has 24 heavy (non-hydrogen) atoms. The fourth-order valence-corrected chi connectivity index (χ4v) is 2.63. The zero-order chi connectivity index (χ0) is 17.2. The van der Waals surface area contributed by atoms with Gasteiger partial charge in [-0.3, -0.25) is 14.8 Å². The summed E-state index contributed by atoms with van der Waals surface area (Å²) in [6.45, 7) is 0.367. The average molecular weight is 328 g/mol. The molecule has 0 spiro atoms. The van der Waals surface area contributed by atoms with Crippen LogP contribution in [0.25, 0.3) is 10.8 Å². The van der Waals surface area contributed by atoms with Crippen molar-refractivity contribution in [3.63, 3.8) is 0 Å². The van der Waals surface area contributed by atoms with E-state index in [1.54, 1.807) is 0 Å². The van der Waals surface area contributed by atoms with Crippen molar-refractivity contribution in [2.45, 2.75) is 38.5 Å². The molecule has 2 aromatic rings. The summed E-state index contributed by atoms with van der Waals surface area (Å²) in [6.07, 6.45) is 5.45. The van der Waals surface area contributed by atoms with Crippen LogP contribution in [0.3, 0.4) is 0 Å². The Hall–Kier alpha value is -2.40. The number of carbonyl (C=O) groups excluding carboxylic acids is 2. The van der Waals surface area contributed by atoms with E-state index in [2.05, 4.69) is 5.32 Å². The van der Waals surface area contributed by atoms with E-state index >= 15 is 0 Å². The number of hydrogen-bond donors (Lipinski definition) is 2. The van der Waals surface area contributed by atoms with E-state index in [9.17, 15) is 9.59 Å². The molecule has 2 aromatic carbocycles.